The number of carbonyl (C=O) groups excluding carboxylic acids is 1. The highest BCUT2D eigenvalue weighted by Crippen LogP contribution is 2.38. The maximum Gasteiger partial charge on any atom is 0.240 e. The third-order valence-corrected chi connectivity index (χ3v) is 5.53. The second-order valence-electron chi connectivity index (χ2n) is 5.14. The van der Waals surface area contributed by atoms with Crippen molar-refractivity contribution < 1.29 is 13.2 Å². The van der Waals surface area contributed by atoms with E-state index >= 15 is 0 Å². The van der Waals surface area contributed by atoms with E-state index in [1.165, 1.54) is 0 Å². The number of nitrogens with two attached hydrogens (primary N) is 1. The summed E-state index contributed by atoms with van der Waals surface area (Å²) in [5, 5.41) is 7.86. The average Bonchev–Trinajstić information content (AvgIpc) is 2.78. The molecular weight excluding hydrogens is 296 g/mol. The van der Waals surface area contributed by atoms with E-state index in [0.29, 0.717) is 11.3 Å². The van der Waals surface area contributed by atoms with Crippen molar-refractivity contribution in [3.05, 3.63) is 29.8 Å². The number of carbonyl (C=O) groups is 1. The van der Waals surface area contributed by atoms with Gasteiger partial charge in [-0.25, -0.2) is 13.6 Å². The topological polar surface area (TPSA) is 89.3 Å². The Bertz CT molecular complexity index is 591. The molecule has 1 unspecified atom stereocenters. The van der Waals surface area contributed by atoms with Crippen LogP contribution in [0, 0.1) is 0 Å². The van der Waals surface area contributed by atoms with Crippen molar-refractivity contribution in [1.29, 1.82) is 0 Å². The van der Waals surface area contributed by atoms with Crippen LogP contribution < -0.4 is 10.5 Å². The highest BCUT2D eigenvalue weighted by atomic mass is 32.2. The maximum atomic E-state index is 12.2. The van der Waals surface area contributed by atoms with Crippen LogP contribution >= 0.6 is 11.8 Å². The molecule has 110 valence electrons. The van der Waals surface area contributed by atoms with Gasteiger partial charge in [-0.3, -0.25) is 4.79 Å². The molecule has 0 radical (unpaired) electrons. The Kier molecular flexibility index (Phi) is 4.41. The molecule has 3 N–H and O–H groups in total. The number of primary sulfonamides is 1. The fourth-order valence-electron chi connectivity index (χ4n) is 2.14. The van der Waals surface area contributed by atoms with Crippen molar-refractivity contribution in [2.75, 3.05) is 11.1 Å². The summed E-state index contributed by atoms with van der Waals surface area (Å²) in [6.45, 7) is 1.95. The molecular formula is C13H18N2O3S2. The number of anilines is 1. The van der Waals surface area contributed by atoms with Gasteiger partial charge in [0.15, 0.2) is 0 Å². The third-order valence-electron chi connectivity index (χ3n) is 3.28. The van der Waals surface area contributed by atoms with Crippen LogP contribution in [0.4, 0.5) is 5.69 Å². The lowest BCUT2D eigenvalue weighted by Crippen LogP contribution is -2.34. The van der Waals surface area contributed by atoms with E-state index in [4.69, 9.17) is 5.14 Å². The SMILES string of the molecule is CC1(C(=O)Nc2ccc(CS(N)(=O)=O)cc2)CCCS1. The van der Waals surface area contributed by atoms with Gasteiger partial charge in [-0.15, -0.1) is 11.8 Å². The largest absolute Gasteiger partial charge is 0.325 e. The summed E-state index contributed by atoms with van der Waals surface area (Å²) in [4.78, 5) is 12.2. The van der Waals surface area contributed by atoms with Crippen LogP contribution in [0.1, 0.15) is 25.3 Å². The number of thioether (sulfide) groups is 1. The van der Waals surface area contributed by atoms with Gasteiger partial charge >= 0.3 is 0 Å². The molecule has 0 spiro atoms. The molecule has 1 amide bonds. The van der Waals surface area contributed by atoms with E-state index in [-0.39, 0.29) is 16.4 Å². The van der Waals surface area contributed by atoms with Crippen molar-refractivity contribution in [2.45, 2.75) is 30.3 Å². The highest BCUT2D eigenvalue weighted by Gasteiger charge is 2.37. The van der Waals surface area contributed by atoms with Gasteiger partial charge < -0.3 is 5.32 Å². The third kappa shape index (κ3) is 3.97. The van der Waals surface area contributed by atoms with Crippen molar-refractivity contribution in [2.24, 2.45) is 5.14 Å². The molecule has 0 bridgehead atoms. The van der Waals surface area contributed by atoms with E-state index in [9.17, 15) is 13.2 Å². The van der Waals surface area contributed by atoms with E-state index in [2.05, 4.69) is 5.32 Å². The molecule has 1 fully saturated rings. The van der Waals surface area contributed by atoms with Gasteiger partial charge in [-0.2, -0.15) is 0 Å². The molecule has 0 aliphatic carbocycles. The fraction of sp³-hybridized carbons (Fsp3) is 0.462. The first kappa shape index (κ1) is 15.3. The summed E-state index contributed by atoms with van der Waals surface area (Å²) >= 11 is 1.68. The Morgan fingerprint density at radius 3 is 2.55 bits per heavy atom. The lowest BCUT2D eigenvalue weighted by Gasteiger charge is -2.21. The standard InChI is InChI=1S/C13H18N2O3S2/c1-13(7-2-8-19-13)12(16)15-11-5-3-10(4-6-11)9-20(14,17)18/h3-6H,2,7-9H2,1H3,(H,15,16)(H2,14,17,18). The monoisotopic (exact) mass is 314 g/mol. The number of benzene rings is 1. The summed E-state index contributed by atoms with van der Waals surface area (Å²) in [6.07, 6.45) is 1.94. The second kappa shape index (κ2) is 5.75. The van der Waals surface area contributed by atoms with Crippen LogP contribution in [0.5, 0.6) is 0 Å². The summed E-state index contributed by atoms with van der Waals surface area (Å²) in [5.41, 5.74) is 1.27. The van der Waals surface area contributed by atoms with Crippen LogP contribution in [-0.2, 0) is 20.6 Å². The lowest BCUT2D eigenvalue weighted by molar-refractivity contribution is -0.118. The number of amides is 1. The summed E-state index contributed by atoms with van der Waals surface area (Å²) in [7, 11) is -3.53. The van der Waals surface area contributed by atoms with Crippen LogP contribution in [0.25, 0.3) is 0 Å². The molecule has 2 rings (SSSR count). The Morgan fingerprint density at radius 2 is 2.05 bits per heavy atom. The van der Waals surface area contributed by atoms with E-state index in [1.54, 1.807) is 36.0 Å². The summed E-state index contributed by atoms with van der Waals surface area (Å²) in [5.74, 6) is 0.811. The van der Waals surface area contributed by atoms with Crippen molar-refractivity contribution in [3.8, 4) is 0 Å². The van der Waals surface area contributed by atoms with Crippen LogP contribution in [0.15, 0.2) is 24.3 Å². The van der Waals surface area contributed by atoms with Gasteiger partial charge in [0.1, 0.15) is 0 Å². The van der Waals surface area contributed by atoms with Gasteiger partial charge in [-0.05, 0) is 43.2 Å². The first-order chi connectivity index (χ1) is 9.28. The minimum atomic E-state index is -3.53. The molecule has 1 saturated heterocycles. The zero-order valence-electron chi connectivity index (χ0n) is 11.3. The molecule has 1 aliphatic heterocycles. The normalized spacial score (nSPS) is 22.7. The zero-order chi connectivity index (χ0) is 14.8. The fourth-order valence-corrected chi connectivity index (χ4v) is 4.01. The lowest BCUT2D eigenvalue weighted by atomic mass is 10.0. The van der Waals surface area contributed by atoms with Crippen molar-refractivity contribution in [1.82, 2.24) is 0 Å². The molecule has 7 heteroatoms. The predicted octanol–water partition coefficient (Wildman–Crippen LogP) is 1.70. The van der Waals surface area contributed by atoms with E-state index in [0.717, 1.165) is 18.6 Å². The van der Waals surface area contributed by atoms with Gasteiger partial charge in [0.2, 0.25) is 15.9 Å². The molecule has 0 aromatic heterocycles. The van der Waals surface area contributed by atoms with Crippen LogP contribution in [0.2, 0.25) is 0 Å². The smallest absolute Gasteiger partial charge is 0.240 e. The summed E-state index contributed by atoms with van der Waals surface area (Å²) < 4.78 is 21.6. The van der Waals surface area contributed by atoms with Gasteiger partial charge in [0.05, 0.1) is 10.5 Å². The number of sulfonamides is 1. The Morgan fingerprint density at radius 1 is 1.40 bits per heavy atom. The molecule has 5 nitrogen and oxygen atoms in total. The van der Waals surface area contributed by atoms with Crippen molar-refractivity contribution >= 4 is 33.4 Å². The minimum Gasteiger partial charge on any atom is -0.325 e. The Balaban J connectivity index is 2.02. The van der Waals surface area contributed by atoms with Crippen molar-refractivity contribution in [3.63, 3.8) is 0 Å². The zero-order valence-corrected chi connectivity index (χ0v) is 12.9. The van der Waals surface area contributed by atoms with Gasteiger partial charge in [-0.1, -0.05) is 12.1 Å². The first-order valence-corrected chi connectivity index (χ1v) is 9.03. The van der Waals surface area contributed by atoms with Gasteiger partial charge in [0.25, 0.3) is 0 Å². The number of rotatable bonds is 4. The molecule has 1 aromatic rings. The first-order valence-electron chi connectivity index (χ1n) is 6.33. The van der Waals surface area contributed by atoms with Gasteiger partial charge in [0, 0.05) is 5.69 Å². The van der Waals surface area contributed by atoms with Crippen LogP contribution in [0.3, 0.4) is 0 Å². The predicted molar refractivity (Wildman–Crippen MR) is 82.0 cm³/mol. The highest BCUT2D eigenvalue weighted by molar-refractivity contribution is 8.01. The molecule has 1 aromatic carbocycles. The minimum absolute atomic E-state index is 0.000744. The van der Waals surface area contributed by atoms with Crippen LogP contribution in [-0.4, -0.2) is 24.8 Å². The van der Waals surface area contributed by atoms with E-state index < -0.39 is 10.0 Å². The quantitative estimate of drug-likeness (QED) is 0.885. The molecule has 1 heterocycles. The molecule has 0 saturated carbocycles. The number of nitrogens with one attached hydrogen (secondary N) is 1. The molecule has 1 aliphatic rings. The molecule has 1 atom stereocenters. The number of hydrogen-bond acceptors (Lipinski definition) is 4. The molecule has 20 heavy (non-hydrogen) atoms. The average molecular weight is 314 g/mol. The summed E-state index contributed by atoms with van der Waals surface area (Å²) in [6, 6.07) is 6.71. The number of hydrogen-bond donors (Lipinski definition) is 2. The second-order valence-corrected chi connectivity index (χ2v) is 8.35. The van der Waals surface area contributed by atoms with E-state index in [1.807, 2.05) is 6.92 Å². The maximum absolute atomic E-state index is 12.2. The Labute approximate surface area is 123 Å². The Hall–Kier alpha value is -1.05.